The van der Waals surface area contributed by atoms with Gasteiger partial charge in [0.25, 0.3) is 0 Å². The average molecular weight is 290 g/mol. The van der Waals surface area contributed by atoms with Crippen LogP contribution in [-0.4, -0.2) is 19.4 Å². The van der Waals surface area contributed by atoms with E-state index in [1.807, 2.05) is 19.1 Å². The lowest BCUT2D eigenvalue weighted by Crippen LogP contribution is -2.37. The highest BCUT2D eigenvalue weighted by atomic mass is 16.5. The maximum atomic E-state index is 11.5. The topological polar surface area (TPSA) is 72.7 Å². The Kier molecular flexibility index (Phi) is 5.51. The number of nitrogens with one attached hydrogen (secondary N) is 2. The molecule has 0 radical (unpaired) electrons. The zero-order chi connectivity index (χ0) is 14.9. The van der Waals surface area contributed by atoms with E-state index in [-0.39, 0.29) is 12.8 Å². The molecule has 1 aromatic carbocycles. The first-order valence-electron chi connectivity index (χ1n) is 6.67. The smallest absolute Gasteiger partial charge is 0.317 e. The van der Waals surface area contributed by atoms with E-state index >= 15 is 0 Å². The number of urea groups is 1. The number of carbonyl (C=O) groups is 1. The van der Waals surface area contributed by atoms with Crippen LogP contribution in [-0.2, 0) is 6.54 Å². The quantitative estimate of drug-likeness (QED) is 0.768. The first-order valence-corrected chi connectivity index (χ1v) is 6.67. The van der Waals surface area contributed by atoms with E-state index in [0.29, 0.717) is 24.7 Å². The fourth-order valence-corrected chi connectivity index (χ4v) is 1.63. The van der Waals surface area contributed by atoms with Crippen molar-refractivity contribution in [3.05, 3.63) is 48.4 Å². The summed E-state index contributed by atoms with van der Waals surface area (Å²) >= 11 is 0. The fourth-order valence-electron chi connectivity index (χ4n) is 1.63. The van der Waals surface area contributed by atoms with E-state index in [0.717, 1.165) is 5.75 Å². The lowest BCUT2D eigenvalue weighted by atomic mass is 10.3. The van der Waals surface area contributed by atoms with Gasteiger partial charge >= 0.3 is 6.03 Å². The van der Waals surface area contributed by atoms with Crippen LogP contribution in [0.15, 0.2) is 47.1 Å². The van der Waals surface area contributed by atoms with Gasteiger partial charge in [0.2, 0.25) is 0 Å². The van der Waals surface area contributed by atoms with Crippen LogP contribution >= 0.6 is 0 Å². The molecule has 0 unspecified atom stereocenters. The highest BCUT2D eigenvalue weighted by molar-refractivity contribution is 5.73. The Morgan fingerprint density at radius 1 is 1.10 bits per heavy atom. The fraction of sp³-hybridized carbons (Fsp3) is 0.267. The monoisotopic (exact) mass is 290 g/mol. The first kappa shape index (κ1) is 14.8. The van der Waals surface area contributed by atoms with Crippen molar-refractivity contribution in [3.63, 3.8) is 0 Å². The highest BCUT2D eigenvalue weighted by Gasteiger charge is 2.02. The third-order valence-corrected chi connectivity index (χ3v) is 2.61. The van der Waals surface area contributed by atoms with E-state index in [2.05, 4.69) is 10.6 Å². The zero-order valence-electron chi connectivity index (χ0n) is 11.8. The van der Waals surface area contributed by atoms with Gasteiger partial charge in [-0.2, -0.15) is 0 Å². The van der Waals surface area contributed by atoms with Crippen molar-refractivity contribution in [1.29, 1.82) is 0 Å². The van der Waals surface area contributed by atoms with Gasteiger partial charge in [0, 0.05) is 0 Å². The summed E-state index contributed by atoms with van der Waals surface area (Å²) < 4.78 is 15.8. The van der Waals surface area contributed by atoms with Crippen molar-refractivity contribution in [2.75, 3.05) is 13.3 Å². The maximum absolute atomic E-state index is 11.5. The van der Waals surface area contributed by atoms with E-state index in [1.165, 1.54) is 0 Å². The van der Waals surface area contributed by atoms with Crippen LogP contribution in [0.1, 0.15) is 12.7 Å². The summed E-state index contributed by atoms with van der Waals surface area (Å²) in [7, 11) is 0. The summed E-state index contributed by atoms with van der Waals surface area (Å²) in [5, 5.41) is 5.24. The molecular formula is C15H18N2O4. The standard InChI is InChI=1S/C15H18N2O4/c1-2-19-12-5-7-13(8-6-12)21-11-17-15(18)16-10-14-4-3-9-20-14/h3-9H,2,10-11H2,1H3,(H2,16,17,18). The van der Waals surface area contributed by atoms with E-state index in [1.54, 1.807) is 30.5 Å². The van der Waals surface area contributed by atoms with Crippen molar-refractivity contribution in [2.24, 2.45) is 0 Å². The molecule has 6 nitrogen and oxygen atoms in total. The molecule has 0 saturated heterocycles. The second-order valence-electron chi connectivity index (χ2n) is 4.13. The van der Waals surface area contributed by atoms with E-state index in [4.69, 9.17) is 13.9 Å². The highest BCUT2D eigenvalue weighted by Crippen LogP contribution is 2.17. The Bertz CT molecular complexity index is 537. The molecule has 0 aliphatic rings. The van der Waals surface area contributed by atoms with E-state index in [9.17, 15) is 4.79 Å². The van der Waals surface area contributed by atoms with Crippen LogP contribution < -0.4 is 20.1 Å². The number of furan rings is 1. The Labute approximate surface area is 123 Å². The second-order valence-corrected chi connectivity index (χ2v) is 4.13. The molecule has 0 aliphatic heterocycles. The largest absolute Gasteiger partial charge is 0.494 e. The summed E-state index contributed by atoms with van der Waals surface area (Å²) in [6.07, 6.45) is 1.56. The van der Waals surface area contributed by atoms with Crippen LogP contribution in [0.2, 0.25) is 0 Å². The molecule has 0 aliphatic carbocycles. The number of hydrogen-bond donors (Lipinski definition) is 2. The SMILES string of the molecule is CCOc1ccc(OCNC(=O)NCc2ccco2)cc1. The molecule has 6 heteroatoms. The predicted octanol–water partition coefficient (Wildman–Crippen LogP) is 2.51. The Hall–Kier alpha value is -2.63. The molecule has 21 heavy (non-hydrogen) atoms. The Balaban J connectivity index is 1.65. The molecule has 2 amide bonds. The van der Waals surface area contributed by atoms with Gasteiger partial charge in [-0.3, -0.25) is 0 Å². The van der Waals surface area contributed by atoms with Gasteiger partial charge in [0.1, 0.15) is 17.3 Å². The van der Waals surface area contributed by atoms with Crippen molar-refractivity contribution in [2.45, 2.75) is 13.5 Å². The van der Waals surface area contributed by atoms with Gasteiger partial charge in [-0.25, -0.2) is 4.79 Å². The van der Waals surface area contributed by atoms with Crippen LogP contribution in [0.4, 0.5) is 4.79 Å². The summed E-state index contributed by atoms with van der Waals surface area (Å²) in [5.41, 5.74) is 0. The van der Waals surface area contributed by atoms with Gasteiger partial charge in [-0.05, 0) is 43.3 Å². The lowest BCUT2D eigenvalue weighted by molar-refractivity contribution is 0.222. The predicted molar refractivity (Wildman–Crippen MR) is 77.2 cm³/mol. The molecule has 0 atom stereocenters. The number of amides is 2. The first-order chi connectivity index (χ1) is 10.3. The van der Waals surface area contributed by atoms with Gasteiger partial charge in [-0.1, -0.05) is 0 Å². The average Bonchev–Trinajstić information content (AvgIpc) is 3.01. The molecular weight excluding hydrogens is 272 g/mol. The maximum Gasteiger partial charge on any atom is 0.317 e. The number of rotatable bonds is 7. The molecule has 112 valence electrons. The van der Waals surface area contributed by atoms with E-state index < -0.39 is 0 Å². The van der Waals surface area contributed by atoms with Gasteiger partial charge < -0.3 is 24.5 Å². The third-order valence-electron chi connectivity index (χ3n) is 2.61. The van der Waals surface area contributed by atoms with Crippen molar-refractivity contribution >= 4 is 6.03 Å². The minimum absolute atomic E-state index is 0.0813. The van der Waals surface area contributed by atoms with Crippen LogP contribution in [0.5, 0.6) is 11.5 Å². The molecule has 0 spiro atoms. The number of benzene rings is 1. The summed E-state index contributed by atoms with van der Waals surface area (Å²) in [6, 6.07) is 10.4. The van der Waals surface area contributed by atoms with Crippen LogP contribution in [0, 0.1) is 0 Å². The molecule has 0 fully saturated rings. The third kappa shape index (κ3) is 5.10. The van der Waals surface area contributed by atoms with Crippen LogP contribution in [0.3, 0.4) is 0 Å². The number of hydrogen-bond acceptors (Lipinski definition) is 4. The summed E-state index contributed by atoms with van der Waals surface area (Å²) in [4.78, 5) is 11.5. The van der Waals surface area contributed by atoms with Crippen molar-refractivity contribution in [1.82, 2.24) is 10.6 Å². The second kappa shape index (κ2) is 7.84. The van der Waals surface area contributed by atoms with Gasteiger partial charge in [0.05, 0.1) is 19.4 Å². The summed E-state index contributed by atoms with van der Waals surface area (Å²) in [5.74, 6) is 2.14. The number of ether oxygens (including phenoxy) is 2. The molecule has 2 aromatic rings. The Morgan fingerprint density at radius 2 is 1.81 bits per heavy atom. The van der Waals surface area contributed by atoms with Crippen LogP contribution in [0.25, 0.3) is 0 Å². The minimum Gasteiger partial charge on any atom is -0.494 e. The molecule has 2 N–H and O–H groups in total. The van der Waals surface area contributed by atoms with Crippen molar-refractivity contribution in [3.8, 4) is 11.5 Å². The normalized spacial score (nSPS) is 9.95. The van der Waals surface area contributed by atoms with Gasteiger partial charge in [-0.15, -0.1) is 0 Å². The molecule has 1 heterocycles. The minimum atomic E-state index is -0.322. The summed E-state index contributed by atoms with van der Waals surface area (Å²) in [6.45, 7) is 2.97. The van der Waals surface area contributed by atoms with Gasteiger partial charge in [0.15, 0.2) is 6.73 Å². The number of carbonyl (C=O) groups excluding carboxylic acids is 1. The molecule has 0 bridgehead atoms. The molecule has 2 rings (SSSR count). The molecule has 0 saturated carbocycles. The Morgan fingerprint density at radius 3 is 2.43 bits per heavy atom. The molecule has 1 aromatic heterocycles. The lowest BCUT2D eigenvalue weighted by Gasteiger charge is -2.09. The zero-order valence-corrected chi connectivity index (χ0v) is 11.8. The van der Waals surface area contributed by atoms with Crippen molar-refractivity contribution < 1.29 is 18.7 Å².